The van der Waals surface area contributed by atoms with E-state index in [0.717, 1.165) is 17.2 Å². The fourth-order valence-corrected chi connectivity index (χ4v) is 3.93. The Hall–Kier alpha value is -3.36. The third-order valence-electron chi connectivity index (χ3n) is 5.33. The van der Waals surface area contributed by atoms with E-state index in [0.29, 0.717) is 5.75 Å². The molecule has 32 heavy (non-hydrogen) atoms. The van der Waals surface area contributed by atoms with Gasteiger partial charge in [-0.25, -0.2) is 0 Å². The minimum absolute atomic E-state index is 0.338. The van der Waals surface area contributed by atoms with Crippen LogP contribution in [-0.2, 0) is 16.5 Å². The zero-order valence-electron chi connectivity index (χ0n) is 16.5. The van der Waals surface area contributed by atoms with Crippen molar-refractivity contribution in [2.24, 2.45) is 0 Å². The zero-order chi connectivity index (χ0) is 23.1. The molecule has 2 N–H and O–H groups in total. The number of rotatable bonds is 1. The van der Waals surface area contributed by atoms with Crippen molar-refractivity contribution in [3.63, 3.8) is 0 Å². The Labute approximate surface area is 182 Å². The average Bonchev–Trinajstić information content (AvgIpc) is 3.12. The number of phenolic OH excluding ortho intramolecular Hbond substituents is 1. The molecule has 4 aromatic carbocycles. The van der Waals surface area contributed by atoms with Gasteiger partial charge in [-0.1, -0.05) is 72.8 Å². The first-order valence-electron chi connectivity index (χ1n) is 9.53. The van der Waals surface area contributed by atoms with Crippen molar-refractivity contribution in [2.45, 2.75) is 11.9 Å². The molecule has 0 saturated heterocycles. The Kier molecular flexibility index (Phi) is 5.44. The van der Waals surface area contributed by atoms with Gasteiger partial charge in [0.1, 0.15) is 5.75 Å². The van der Waals surface area contributed by atoms with Crippen LogP contribution in [-0.4, -0.2) is 23.6 Å². The number of benzene rings is 4. The van der Waals surface area contributed by atoms with Gasteiger partial charge >= 0.3 is 15.6 Å². The Bertz CT molecular complexity index is 1430. The fourth-order valence-electron chi connectivity index (χ4n) is 3.93. The highest BCUT2D eigenvalue weighted by Crippen LogP contribution is 2.43. The quantitative estimate of drug-likeness (QED) is 0.232. The summed E-state index contributed by atoms with van der Waals surface area (Å²) >= 11 is 0. The molecule has 0 radical (unpaired) electrons. The van der Waals surface area contributed by atoms with Crippen LogP contribution < -0.4 is 0 Å². The fraction of sp³-hybridized carbons (Fsp3) is 0.0833. The molecule has 4 aromatic rings. The second-order valence-electron chi connectivity index (χ2n) is 7.26. The van der Waals surface area contributed by atoms with Gasteiger partial charge in [-0.15, -0.1) is 0 Å². The molecule has 0 unspecified atom stereocenters. The molecule has 0 aromatic heterocycles. The Morgan fingerprint density at radius 1 is 0.688 bits per heavy atom. The summed E-state index contributed by atoms with van der Waals surface area (Å²) in [5, 5.41) is 12.2. The molecule has 0 amide bonds. The summed E-state index contributed by atoms with van der Waals surface area (Å²) in [6.07, 6.45) is 0.969. The molecule has 0 bridgehead atoms. The van der Waals surface area contributed by atoms with Crippen molar-refractivity contribution in [1.29, 1.82) is 0 Å². The molecule has 4 nitrogen and oxygen atoms in total. The van der Waals surface area contributed by atoms with E-state index in [1.165, 1.54) is 33.4 Å². The third kappa shape index (κ3) is 3.94. The van der Waals surface area contributed by atoms with Gasteiger partial charge in [-0.2, -0.15) is 21.6 Å². The lowest BCUT2D eigenvalue weighted by Gasteiger charge is -2.12. The molecule has 0 atom stereocenters. The van der Waals surface area contributed by atoms with Crippen LogP contribution in [0.25, 0.3) is 33.0 Å². The number of alkyl halides is 3. The predicted octanol–water partition coefficient (Wildman–Crippen LogP) is 6.18. The number of halogens is 3. The number of phenols is 1. The molecule has 1 aliphatic carbocycles. The molecular formula is C24H17F3O4S. The summed E-state index contributed by atoms with van der Waals surface area (Å²) in [6, 6.07) is 27.1. The van der Waals surface area contributed by atoms with Gasteiger partial charge in [0.25, 0.3) is 0 Å². The Morgan fingerprint density at radius 2 is 1.22 bits per heavy atom. The van der Waals surface area contributed by atoms with Gasteiger partial charge in [0.2, 0.25) is 0 Å². The van der Waals surface area contributed by atoms with E-state index in [1.54, 1.807) is 6.07 Å². The smallest absolute Gasteiger partial charge is 0.507 e. The van der Waals surface area contributed by atoms with E-state index in [1.807, 2.05) is 24.3 Å². The van der Waals surface area contributed by atoms with Gasteiger partial charge in [0, 0.05) is 5.39 Å². The van der Waals surface area contributed by atoms with E-state index < -0.39 is 15.6 Å². The molecule has 0 spiro atoms. The van der Waals surface area contributed by atoms with Crippen molar-refractivity contribution in [2.75, 3.05) is 0 Å². The predicted molar refractivity (Wildman–Crippen MR) is 117 cm³/mol. The lowest BCUT2D eigenvalue weighted by molar-refractivity contribution is -0.0510. The van der Waals surface area contributed by atoms with Crippen LogP contribution in [0.1, 0.15) is 11.1 Å². The largest absolute Gasteiger partial charge is 0.522 e. The van der Waals surface area contributed by atoms with Crippen LogP contribution in [0.2, 0.25) is 0 Å². The van der Waals surface area contributed by atoms with Gasteiger partial charge in [0.15, 0.2) is 0 Å². The van der Waals surface area contributed by atoms with E-state index in [4.69, 9.17) is 13.0 Å². The maximum absolute atomic E-state index is 10.7. The monoisotopic (exact) mass is 458 g/mol. The summed E-state index contributed by atoms with van der Waals surface area (Å²) in [4.78, 5) is 0. The maximum Gasteiger partial charge on any atom is 0.522 e. The summed E-state index contributed by atoms with van der Waals surface area (Å²) in [5.74, 6) is 0.338. The molecule has 0 fully saturated rings. The topological polar surface area (TPSA) is 74.6 Å². The SMILES string of the molecule is O=S(=O)(O)C(F)(F)F.Oc1ccc(-c2cccc3c2Cc2ccccc2-3)c2ccccc12. The Morgan fingerprint density at radius 3 is 1.88 bits per heavy atom. The van der Waals surface area contributed by atoms with E-state index >= 15 is 0 Å². The van der Waals surface area contributed by atoms with Crippen LogP contribution >= 0.6 is 0 Å². The second-order valence-corrected chi connectivity index (χ2v) is 8.68. The van der Waals surface area contributed by atoms with Crippen LogP contribution in [0.5, 0.6) is 5.75 Å². The Balaban J connectivity index is 0.000000265. The first kappa shape index (κ1) is 21.9. The molecule has 0 saturated carbocycles. The van der Waals surface area contributed by atoms with Crippen molar-refractivity contribution in [3.05, 3.63) is 90.0 Å². The normalized spacial score (nSPS) is 12.6. The van der Waals surface area contributed by atoms with Gasteiger partial charge in [0.05, 0.1) is 0 Å². The average molecular weight is 458 g/mol. The van der Waals surface area contributed by atoms with Gasteiger partial charge in [-0.3, -0.25) is 4.55 Å². The van der Waals surface area contributed by atoms with Crippen LogP contribution in [0.15, 0.2) is 78.9 Å². The number of aromatic hydroxyl groups is 1. The third-order valence-corrected chi connectivity index (χ3v) is 5.92. The van der Waals surface area contributed by atoms with Crippen LogP contribution in [0.3, 0.4) is 0 Å². The van der Waals surface area contributed by atoms with Crippen LogP contribution in [0, 0.1) is 0 Å². The highest BCUT2D eigenvalue weighted by Gasteiger charge is 2.44. The van der Waals surface area contributed by atoms with Crippen molar-refractivity contribution in [3.8, 4) is 28.0 Å². The molecular weight excluding hydrogens is 441 g/mol. The van der Waals surface area contributed by atoms with E-state index in [2.05, 4.69) is 48.5 Å². The molecule has 8 heteroatoms. The maximum atomic E-state index is 10.7. The number of fused-ring (bicyclic) bond motifs is 4. The van der Waals surface area contributed by atoms with Gasteiger partial charge < -0.3 is 5.11 Å². The molecule has 0 aliphatic heterocycles. The minimum Gasteiger partial charge on any atom is -0.507 e. The summed E-state index contributed by atoms with van der Waals surface area (Å²) in [7, 11) is -5.84. The summed E-state index contributed by atoms with van der Waals surface area (Å²) < 4.78 is 57.5. The summed E-state index contributed by atoms with van der Waals surface area (Å²) in [5.41, 5.74) is 2.37. The lowest BCUT2D eigenvalue weighted by Crippen LogP contribution is -2.21. The lowest BCUT2D eigenvalue weighted by atomic mass is 9.92. The zero-order valence-corrected chi connectivity index (χ0v) is 17.3. The molecule has 1 aliphatic rings. The number of hydrogen-bond donors (Lipinski definition) is 2. The highest BCUT2D eigenvalue weighted by atomic mass is 32.2. The minimum atomic E-state index is -5.84. The molecule has 164 valence electrons. The number of hydrogen-bond acceptors (Lipinski definition) is 3. The van der Waals surface area contributed by atoms with E-state index in [9.17, 15) is 18.3 Å². The molecule has 0 heterocycles. The van der Waals surface area contributed by atoms with Crippen LogP contribution in [0.4, 0.5) is 13.2 Å². The van der Waals surface area contributed by atoms with E-state index in [-0.39, 0.29) is 0 Å². The van der Waals surface area contributed by atoms with Gasteiger partial charge in [-0.05, 0) is 51.3 Å². The van der Waals surface area contributed by atoms with Crippen molar-refractivity contribution < 1.29 is 31.2 Å². The first-order chi connectivity index (χ1) is 15.1. The summed E-state index contributed by atoms with van der Waals surface area (Å²) in [6.45, 7) is 0. The highest BCUT2D eigenvalue weighted by molar-refractivity contribution is 7.86. The second kappa shape index (κ2) is 7.96. The van der Waals surface area contributed by atoms with Crippen molar-refractivity contribution >= 4 is 20.9 Å². The first-order valence-corrected chi connectivity index (χ1v) is 11.0. The van der Waals surface area contributed by atoms with Crippen molar-refractivity contribution in [1.82, 2.24) is 0 Å². The molecule has 5 rings (SSSR count). The standard InChI is InChI=1S/C23H16O.CHF3O3S/c24-23-13-12-20(18-8-3-4-9-21(18)23)19-11-5-10-17-16-7-2-1-6-15(16)14-22(17)19;2-1(3,4)8(5,6)7/h1-13,24H,14H2;(H,5,6,7).